The quantitative estimate of drug-likeness (QED) is 0.741. The monoisotopic (exact) mass is 279 g/mol. The highest BCUT2D eigenvalue weighted by Crippen LogP contribution is 2.17. The number of aliphatic carboxylic acids is 1. The molecule has 0 spiro atoms. The van der Waals surface area contributed by atoms with Crippen LogP contribution in [0.1, 0.15) is 33.1 Å². The van der Waals surface area contributed by atoms with Gasteiger partial charge in [-0.25, -0.2) is 8.42 Å². The van der Waals surface area contributed by atoms with Crippen molar-refractivity contribution in [2.75, 3.05) is 18.9 Å². The third kappa shape index (κ3) is 4.55. The summed E-state index contributed by atoms with van der Waals surface area (Å²) in [6, 6.07) is -0.240. The molecule has 1 unspecified atom stereocenters. The molecule has 0 amide bonds. The van der Waals surface area contributed by atoms with Crippen molar-refractivity contribution < 1.29 is 23.1 Å². The average Bonchev–Trinajstić information content (AvgIpc) is 2.67. The van der Waals surface area contributed by atoms with Crippen molar-refractivity contribution >= 4 is 16.0 Å². The van der Waals surface area contributed by atoms with Crippen LogP contribution in [0.5, 0.6) is 0 Å². The number of nitrogens with zero attached hydrogens (tertiary/aromatic N) is 1. The van der Waals surface area contributed by atoms with Crippen LogP contribution in [-0.4, -0.2) is 54.8 Å². The smallest absolute Gasteiger partial charge is 0.304 e. The molecule has 1 heterocycles. The van der Waals surface area contributed by atoms with Gasteiger partial charge in [-0.15, -0.1) is 0 Å². The van der Waals surface area contributed by atoms with Crippen LogP contribution in [0.2, 0.25) is 0 Å². The van der Waals surface area contributed by atoms with Crippen LogP contribution >= 0.6 is 0 Å². The molecule has 1 aliphatic rings. The standard InChI is InChI=1S/C11H21NO5S/c1-9(2)12(6-5-11(13)14)18(15,16)8-10-4-3-7-17-10/h9-10H,3-8H2,1-2H3,(H,13,14). The molecular weight excluding hydrogens is 258 g/mol. The summed E-state index contributed by atoms with van der Waals surface area (Å²) in [5, 5.41) is 8.65. The number of hydrogen-bond donors (Lipinski definition) is 1. The van der Waals surface area contributed by atoms with E-state index >= 15 is 0 Å². The Balaban J connectivity index is 2.66. The predicted molar refractivity (Wildman–Crippen MR) is 66.9 cm³/mol. The highest BCUT2D eigenvalue weighted by Gasteiger charge is 2.30. The van der Waals surface area contributed by atoms with Crippen LogP contribution in [0.3, 0.4) is 0 Å². The Morgan fingerprint density at radius 3 is 2.61 bits per heavy atom. The van der Waals surface area contributed by atoms with Crippen molar-refractivity contribution in [1.29, 1.82) is 0 Å². The molecule has 1 aliphatic heterocycles. The summed E-state index contributed by atoms with van der Waals surface area (Å²) in [5.41, 5.74) is 0. The Hall–Kier alpha value is -0.660. The maximum Gasteiger partial charge on any atom is 0.304 e. The van der Waals surface area contributed by atoms with E-state index in [9.17, 15) is 13.2 Å². The Kier molecular flexibility index (Phi) is 5.55. The van der Waals surface area contributed by atoms with Crippen molar-refractivity contribution in [2.24, 2.45) is 0 Å². The van der Waals surface area contributed by atoms with Crippen LogP contribution in [0.15, 0.2) is 0 Å². The topological polar surface area (TPSA) is 83.9 Å². The minimum atomic E-state index is -3.46. The van der Waals surface area contributed by atoms with Crippen LogP contribution in [0.4, 0.5) is 0 Å². The molecule has 18 heavy (non-hydrogen) atoms. The predicted octanol–water partition coefficient (Wildman–Crippen LogP) is 0.680. The van der Waals surface area contributed by atoms with Crippen molar-refractivity contribution in [3.63, 3.8) is 0 Å². The van der Waals surface area contributed by atoms with E-state index in [1.165, 1.54) is 4.31 Å². The molecule has 0 aromatic carbocycles. The second-order valence-corrected chi connectivity index (χ2v) is 6.73. The van der Waals surface area contributed by atoms with E-state index in [2.05, 4.69) is 0 Å². The first-order valence-corrected chi connectivity index (χ1v) is 7.77. The first-order valence-electron chi connectivity index (χ1n) is 6.16. The number of carboxylic acids is 1. The van der Waals surface area contributed by atoms with E-state index in [0.717, 1.165) is 12.8 Å². The Morgan fingerprint density at radius 2 is 2.17 bits per heavy atom. The summed E-state index contributed by atoms with van der Waals surface area (Å²) in [7, 11) is -3.46. The largest absolute Gasteiger partial charge is 0.481 e. The minimum Gasteiger partial charge on any atom is -0.481 e. The molecule has 7 heteroatoms. The van der Waals surface area contributed by atoms with Gasteiger partial charge in [0.05, 0.1) is 18.3 Å². The van der Waals surface area contributed by atoms with E-state index in [4.69, 9.17) is 9.84 Å². The van der Waals surface area contributed by atoms with Crippen molar-refractivity contribution in [3.05, 3.63) is 0 Å². The van der Waals surface area contributed by atoms with Crippen LogP contribution in [0, 0.1) is 0 Å². The second kappa shape index (κ2) is 6.49. The van der Waals surface area contributed by atoms with Crippen LogP contribution in [-0.2, 0) is 19.6 Å². The summed E-state index contributed by atoms with van der Waals surface area (Å²) in [6.45, 7) is 4.11. The van der Waals surface area contributed by atoms with Gasteiger partial charge in [-0.3, -0.25) is 4.79 Å². The minimum absolute atomic E-state index is 0.0159. The summed E-state index contributed by atoms with van der Waals surface area (Å²) in [6.07, 6.45) is 1.21. The van der Waals surface area contributed by atoms with Gasteiger partial charge in [-0.05, 0) is 26.7 Å². The van der Waals surface area contributed by atoms with Gasteiger partial charge in [0.2, 0.25) is 10.0 Å². The molecule has 1 rings (SSSR count). The Labute approximate surface area is 108 Å². The summed E-state index contributed by atoms with van der Waals surface area (Å²) in [5.74, 6) is -1.04. The highest BCUT2D eigenvalue weighted by molar-refractivity contribution is 7.89. The average molecular weight is 279 g/mol. The van der Waals surface area contributed by atoms with E-state index < -0.39 is 16.0 Å². The summed E-state index contributed by atoms with van der Waals surface area (Å²) >= 11 is 0. The maximum absolute atomic E-state index is 12.2. The number of ether oxygens (including phenoxy) is 1. The number of carbonyl (C=O) groups is 1. The lowest BCUT2D eigenvalue weighted by molar-refractivity contribution is -0.137. The molecule has 0 aliphatic carbocycles. The number of hydrogen-bond acceptors (Lipinski definition) is 4. The Bertz CT molecular complexity index is 373. The summed E-state index contributed by atoms with van der Waals surface area (Å²) < 4.78 is 31.0. The van der Waals surface area contributed by atoms with Crippen molar-refractivity contribution in [3.8, 4) is 0 Å². The SMILES string of the molecule is CC(C)N(CCC(=O)O)S(=O)(=O)CC1CCCO1. The molecule has 0 saturated carbocycles. The van der Waals surface area contributed by atoms with Gasteiger partial charge in [0.15, 0.2) is 0 Å². The molecule has 1 atom stereocenters. The first-order chi connectivity index (χ1) is 8.33. The lowest BCUT2D eigenvalue weighted by Gasteiger charge is -2.26. The maximum atomic E-state index is 12.2. The van der Waals surface area contributed by atoms with Crippen LogP contribution in [0.25, 0.3) is 0 Å². The number of sulfonamides is 1. The Morgan fingerprint density at radius 1 is 1.50 bits per heavy atom. The normalized spacial score (nSPS) is 20.8. The molecule has 0 radical (unpaired) electrons. The van der Waals surface area contributed by atoms with Gasteiger partial charge < -0.3 is 9.84 Å². The fourth-order valence-electron chi connectivity index (χ4n) is 2.03. The lowest BCUT2D eigenvalue weighted by atomic mass is 10.3. The molecule has 1 N–H and O–H groups in total. The van der Waals surface area contributed by atoms with Gasteiger partial charge in [-0.1, -0.05) is 0 Å². The second-order valence-electron chi connectivity index (χ2n) is 4.76. The zero-order valence-corrected chi connectivity index (χ0v) is 11.6. The molecule has 0 aromatic rings. The zero-order valence-electron chi connectivity index (χ0n) is 10.8. The zero-order chi connectivity index (χ0) is 13.8. The van der Waals surface area contributed by atoms with Gasteiger partial charge in [0.1, 0.15) is 0 Å². The molecule has 6 nitrogen and oxygen atoms in total. The molecule has 106 valence electrons. The van der Waals surface area contributed by atoms with Gasteiger partial charge >= 0.3 is 5.97 Å². The lowest BCUT2D eigenvalue weighted by Crippen LogP contribution is -2.42. The van der Waals surface area contributed by atoms with Crippen molar-refractivity contribution in [1.82, 2.24) is 4.31 Å². The van der Waals surface area contributed by atoms with Crippen molar-refractivity contribution in [2.45, 2.75) is 45.3 Å². The summed E-state index contributed by atoms with van der Waals surface area (Å²) in [4.78, 5) is 10.6. The van der Waals surface area contributed by atoms with E-state index in [-0.39, 0.29) is 30.9 Å². The molecule has 1 fully saturated rings. The molecule has 0 aromatic heterocycles. The van der Waals surface area contributed by atoms with Gasteiger partial charge in [-0.2, -0.15) is 4.31 Å². The molecule has 0 bridgehead atoms. The number of carboxylic acid groups (broad SMARTS) is 1. The highest BCUT2D eigenvalue weighted by atomic mass is 32.2. The first kappa shape index (κ1) is 15.4. The fraction of sp³-hybridized carbons (Fsp3) is 0.909. The van der Waals surface area contributed by atoms with Gasteiger partial charge in [0, 0.05) is 19.2 Å². The third-order valence-corrected chi connectivity index (χ3v) is 5.01. The van der Waals surface area contributed by atoms with Crippen LogP contribution < -0.4 is 0 Å². The fourth-order valence-corrected chi connectivity index (χ4v) is 3.97. The van der Waals surface area contributed by atoms with E-state index in [1.807, 2.05) is 0 Å². The van der Waals surface area contributed by atoms with E-state index in [0.29, 0.717) is 6.61 Å². The molecule has 1 saturated heterocycles. The molecular formula is C11H21NO5S. The third-order valence-electron chi connectivity index (χ3n) is 2.90. The van der Waals surface area contributed by atoms with Gasteiger partial charge in [0.25, 0.3) is 0 Å². The number of rotatable bonds is 7. The van der Waals surface area contributed by atoms with E-state index in [1.54, 1.807) is 13.8 Å².